The van der Waals surface area contributed by atoms with Crippen molar-refractivity contribution in [3.8, 4) is 0 Å². The fourth-order valence-electron chi connectivity index (χ4n) is 0.920. The summed E-state index contributed by atoms with van der Waals surface area (Å²) in [5.41, 5.74) is 0. The first-order valence-corrected chi connectivity index (χ1v) is 4.74. The van der Waals surface area contributed by atoms with Crippen molar-refractivity contribution in [1.29, 1.82) is 0 Å². The molecule has 1 unspecified atom stereocenters. The summed E-state index contributed by atoms with van der Waals surface area (Å²) in [6, 6.07) is 0. The summed E-state index contributed by atoms with van der Waals surface area (Å²) in [6.45, 7) is 7.02. The monoisotopic (exact) mass is 202 g/mol. The number of carbonyl (C=O) groups excluding carboxylic acids is 2. The van der Waals surface area contributed by atoms with E-state index in [-0.39, 0.29) is 30.6 Å². The first-order chi connectivity index (χ1) is 6.41. The van der Waals surface area contributed by atoms with Crippen LogP contribution in [-0.4, -0.2) is 24.6 Å². The molecule has 0 saturated heterocycles. The third-order valence-electron chi connectivity index (χ3n) is 1.42. The Labute approximate surface area is 84.6 Å². The van der Waals surface area contributed by atoms with Crippen LogP contribution >= 0.6 is 0 Å². The number of hydrogen-bond donors (Lipinski definition) is 0. The van der Waals surface area contributed by atoms with Gasteiger partial charge in [0.05, 0.1) is 0 Å². The second-order valence-corrected chi connectivity index (χ2v) is 3.70. The highest BCUT2D eigenvalue weighted by Gasteiger charge is 2.10. The molecule has 0 heterocycles. The summed E-state index contributed by atoms with van der Waals surface area (Å²) in [5.74, 6) is -0.331. The van der Waals surface area contributed by atoms with Crippen LogP contribution in [0, 0.1) is 5.92 Å². The van der Waals surface area contributed by atoms with E-state index in [0.717, 1.165) is 0 Å². The normalized spacial score (nSPS) is 12.4. The SMILES string of the molecule is CC(=O)OC(C)COC(=O)CC(C)C. The summed E-state index contributed by atoms with van der Waals surface area (Å²) in [4.78, 5) is 21.6. The van der Waals surface area contributed by atoms with E-state index in [1.807, 2.05) is 13.8 Å². The van der Waals surface area contributed by atoms with Gasteiger partial charge in [-0.2, -0.15) is 0 Å². The smallest absolute Gasteiger partial charge is 0.306 e. The molecular weight excluding hydrogens is 184 g/mol. The lowest BCUT2D eigenvalue weighted by atomic mass is 10.1. The minimum absolute atomic E-state index is 0.130. The molecule has 0 saturated carbocycles. The lowest BCUT2D eigenvalue weighted by Gasteiger charge is -2.12. The summed E-state index contributed by atoms with van der Waals surface area (Å²) >= 11 is 0. The molecule has 14 heavy (non-hydrogen) atoms. The second kappa shape index (κ2) is 6.40. The van der Waals surface area contributed by atoms with Gasteiger partial charge in [-0.05, 0) is 12.8 Å². The highest BCUT2D eigenvalue weighted by molar-refractivity contribution is 5.69. The molecular formula is C10H18O4. The number of carbonyl (C=O) groups is 2. The van der Waals surface area contributed by atoms with Crippen molar-refractivity contribution >= 4 is 11.9 Å². The molecule has 0 rings (SSSR count). The van der Waals surface area contributed by atoms with Crippen LogP contribution in [0.15, 0.2) is 0 Å². The van der Waals surface area contributed by atoms with Crippen molar-refractivity contribution in [2.45, 2.75) is 40.2 Å². The van der Waals surface area contributed by atoms with Crippen LogP contribution < -0.4 is 0 Å². The van der Waals surface area contributed by atoms with Crippen molar-refractivity contribution in [3.63, 3.8) is 0 Å². The number of ether oxygens (including phenoxy) is 2. The Hall–Kier alpha value is -1.06. The molecule has 0 amide bonds. The first-order valence-electron chi connectivity index (χ1n) is 4.74. The van der Waals surface area contributed by atoms with E-state index < -0.39 is 0 Å². The Balaban J connectivity index is 3.61. The average molecular weight is 202 g/mol. The summed E-state index contributed by atoms with van der Waals surface area (Å²) in [6.07, 6.45) is 0.0240. The van der Waals surface area contributed by atoms with Gasteiger partial charge >= 0.3 is 11.9 Å². The Morgan fingerprint density at radius 1 is 1.21 bits per heavy atom. The largest absolute Gasteiger partial charge is 0.462 e. The van der Waals surface area contributed by atoms with Crippen molar-refractivity contribution < 1.29 is 19.1 Å². The quantitative estimate of drug-likeness (QED) is 0.634. The lowest BCUT2D eigenvalue weighted by molar-refractivity contribution is -0.156. The van der Waals surface area contributed by atoms with Gasteiger partial charge in [0.2, 0.25) is 0 Å². The maximum Gasteiger partial charge on any atom is 0.306 e. The van der Waals surface area contributed by atoms with Gasteiger partial charge in [-0.3, -0.25) is 9.59 Å². The fraction of sp³-hybridized carbons (Fsp3) is 0.800. The number of rotatable bonds is 5. The molecule has 0 spiro atoms. The van der Waals surface area contributed by atoms with Gasteiger partial charge in [0.1, 0.15) is 12.7 Å². The van der Waals surface area contributed by atoms with Gasteiger partial charge in [0, 0.05) is 13.3 Å². The van der Waals surface area contributed by atoms with Crippen LogP contribution in [0.4, 0.5) is 0 Å². The Morgan fingerprint density at radius 3 is 2.21 bits per heavy atom. The zero-order valence-electron chi connectivity index (χ0n) is 9.20. The number of hydrogen-bond acceptors (Lipinski definition) is 4. The standard InChI is InChI=1S/C10H18O4/c1-7(2)5-10(12)13-6-8(3)14-9(4)11/h7-8H,5-6H2,1-4H3. The number of esters is 2. The predicted octanol–water partition coefficient (Wildman–Crippen LogP) is 1.53. The van der Waals surface area contributed by atoms with Gasteiger partial charge in [0.15, 0.2) is 0 Å². The van der Waals surface area contributed by atoms with E-state index in [2.05, 4.69) is 0 Å². The van der Waals surface area contributed by atoms with Crippen LogP contribution in [0.2, 0.25) is 0 Å². The van der Waals surface area contributed by atoms with Crippen LogP contribution in [0.5, 0.6) is 0 Å². The Bertz CT molecular complexity index is 198. The van der Waals surface area contributed by atoms with Gasteiger partial charge < -0.3 is 9.47 Å². The molecule has 82 valence electrons. The Kier molecular flexibility index (Phi) is 5.92. The molecule has 4 heteroatoms. The van der Waals surface area contributed by atoms with E-state index >= 15 is 0 Å². The van der Waals surface area contributed by atoms with E-state index in [1.54, 1.807) is 6.92 Å². The van der Waals surface area contributed by atoms with Gasteiger partial charge in [-0.25, -0.2) is 0 Å². The van der Waals surface area contributed by atoms with Crippen molar-refractivity contribution in [2.75, 3.05) is 6.61 Å². The molecule has 0 aromatic carbocycles. The maximum atomic E-state index is 11.1. The third kappa shape index (κ3) is 7.58. The average Bonchev–Trinajstić information content (AvgIpc) is 1.98. The fourth-order valence-corrected chi connectivity index (χ4v) is 0.920. The van der Waals surface area contributed by atoms with Crippen LogP contribution in [0.25, 0.3) is 0 Å². The summed E-state index contributed by atoms with van der Waals surface area (Å²) in [7, 11) is 0. The first kappa shape index (κ1) is 12.9. The molecule has 4 nitrogen and oxygen atoms in total. The zero-order valence-corrected chi connectivity index (χ0v) is 9.20. The molecule has 0 aliphatic heterocycles. The van der Waals surface area contributed by atoms with Crippen LogP contribution in [0.1, 0.15) is 34.1 Å². The highest BCUT2D eigenvalue weighted by Crippen LogP contribution is 2.02. The molecule has 0 N–H and O–H groups in total. The predicted molar refractivity (Wildman–Crippen MR) is 51.6 cm³/mol. The summed E-state index contributed by atoms with van der Waals surface area (Å²) in [5, 5.41) is 0. The Morgan fingerprint density at radius 2 is 1.79 bits per heavy atom. The summed E-state index contributed by atoms with van der Waals surface area (Å²) < 4.78 is 9.69. The van der Waals surface area contributed by atoms with E-state index in [0.29, 0.717) is 6.42 Å². The van der Waals surface area contributed by atoms with Crippen molar-refractivity contribution in [2.24, 2.45) is 5.92 Å². The molecule has 0 radical (unpaired) electrons. The van der Waals surface area contributed by atoms with Gasteiger partial charge in [0.25, 0.3) is 0 Å². The molecule has 0 aromatic heterocycles. The molecule has 0 aliphatic rings. The van der Waals surface area contributed by atoms with E-state index in [4.69, 9.17) is 9.47 Å². The van der Waals surface area contributed by atoms with E-state index in [9.17, 15) is 9.59 Å². The molecule has 0 aromatic rings. The van der Waals surface area contributed by atoms with E-state index in [1.165, 1.54) is 6.92 Å². The third-order valence-corrected chi connectivity index (χ3v) is 1.42. The van der Waals surface area contributed by atoms with Crippen molar-refractivity contribution in [3.05, 3.63) is 0 Å². The molecule has 0 bridgehead atoms. The minimum Gasteiger partial charge on any atom is -0.462 e. The van der Waals surface area contributed by atoms with Crippen molar-refractivity contribution in [1.82, 2.24) is 0 Å². The lowest BCUT2D eigenvalue weighted by Crippen LogP contribution is -2.21. The maximum absolute atomic E-state index is 11.1. The minimum atomic E-state index is -0.372. The van der Waals surface area contributed by atoms with Crippen LogP contribution in [0.3, 0.4) is 0 Å². The van der Waals surface area contributed by atoms with Gasteiger partial charge in [-0.15, -0.1) is 0 Å². The topological polar surface area (TPSA) is 52.6 Å². The van der Waals surface area contributed by atoms with Crippen LogP contribution in [-0.2, 0) is 19.1 Å². The highest BCUT2D eigenvalue weighted by atomic mass is 16.6. The second-order valence-electron chi connectivity index (χ2n) is 3.70. The molecule has 0 aliphatic carbocycles. The van der Waals surface area contributed by atoms with Gasteiger partial charge in [-0.1, -0.05) is 13.8 Å². The molecule has 0 fully saturated rings. The zero-order chi connectivity index (χ0) is 11.1. The molecule has 1 atom stereocenters.